The molecule has 0 aromatic heterocycles. The van der Waals surface area contributed by atoms with E-state index in [0.29, 0.717) is 38.5 Å². The van der Waals surface area contributed by atoms with Crippen molar-refractivity contribution in [1.82, 2.24) is 9.80 Å². The van der Waals surface area contributed by atoms with Gasteiger partial charge in [0, 0.05) is 18.8 Å². The zero-order valence-corrected chi connectivity index (χ0v) is 14.3. The Morgan fingerprint density at radius 3 is 2.46 bits per heavy atom. The van der Waals surface area contributed by atoms with Crippen molar-refractivity contribution in [2.24, 2.45) is 0 Å². The molecule has 0 radical (unpaired) electrons. The van der Waals surface area contributed by atoms with Gasteiger partial charge in [-0.05, 0) is 30.8 Å². The summed E-state index contributed by atoms with van der Waals surface area (Å²) in [5, 5.41) is 2.83. The van der Waals surface area contributed by atoms with E-state index in [1.807, 2.05) is 11.8 Å². The summed E-state index contributed by atoms with van der Waals surface area (Å²) in [5.74, 6) is 0.633. The van der Waals surface area contributed by atoms with E-state index < -0.39 is 0 Å². The molecule has 0 aliphatic carbocycles. The van der Waals surface area contributed by atoms with E-state index >= 15 is 0 Å². The number of nitrogens with one attached hydrogen (secondary N) is 1. The Morgan fingerprint density at radius 1 is 1.21 bits per heavy atom. The Hall–Kier alpha value is -2.12. The summed E-state index contributed by atoms with van der Waals surface area (Å²) < 4.78 is 10.3. The molecule has 0 spiro atoms. The number of anilines is 1. The van der Waals surface area contributed by atoms with E-state index in [1.165, 1.54) is 0 Å². The highest BCUT2D eigenvalue weighted by Gasteiger charge is 2.20. The molecule has 1 aromatic rings. The first-order chi connectivity index (χ1) is 11.6. The molecule has 0 unspecified atom stereocenters. The maximum Gasteiger partial charge on any atom is 0.238 e. The lowest BCUT2D eigenvalue weighted by Crippen LogP contribution is -2.47. The van der Waals surface area contributed by atoms with Crippen LogP contribution in [-0.2, 0) is 14.3 Å². The van der Waals surface area contributed by atoms with Crippen LogP contribution in [0, 0.1) is 0 Å². The highest BCUT2D eigenvalue weighted by Crippen LogP contribution is 2.14. The first kappa shape index (κ1) is 18.2. The SMILES string of the molecule is CCN(CC(=O)Nc1ccc(OC)cc1)CC(=O)N1CCOCC1. The number of amides is 2. The van der Waals surface area contributed by atoms with E-state index in [-0.39, 0.29) is 24.9 Å². The predicted molar refractivity (Wildman–Crippen MR) is 91.1 cm³/mol. The zero-order valence-electron chi connectivity index (χ0n) is 14.3. The van der Waals surface area contributed by atoms with Crippen LogP contribution in [-0.4, -0.2) is 74.7 Å². The summed E-state index contributed by atoms with van der Waals surface area (Å²) >= 11 is 0. The van der Waals surface area contributed by atoms with Gasteiger partial charge in [-0.15, -0.1) is 0 Å². The van der Waals surface area contributed by atoms with Crippen molar-refractivity contribution in [1.29, 1.82) is 0 Å². The molecule has 1 aliphatic rings. The molecule has 1 aromatic carbocycles. The van der Waals surface area contributed by atoms with Gasteiger partial charge in [-0.3, -0.25) is 14.5 Å². The molecule has 0 saturated carbocycles. The van der Waals surface area contributed by atoms with Crippen LogP contribution in [0.1, 0.15) is 6.92 Å². The molecule has 132 valence electrons. The van der Waals surface area contributed by atoms with Gasteiger partial charge >= 0.3 is 0 Å². The van der Waals surface area contributed by atoms with Gasteiger partial charge in [0.1, 0.15) is 5.75 Å². The molecule has 7 nitrogen and oxygen atoms in total. The highest BCUT2D eigenvalue weighted by molar-refractivity contribution is 5.92. The number of likely N-dealkylation sites (N-methyl/N-ethyl adjacent to an activating group) is 1. The van der Waals surface area contributed by atoms with Gasteiger partial charge in [-0.25, -0.2) is 0 Å². The monoisotopic (exact) mass is 335 g/mol. The van der Waals surface area contributed by atoms with Crippen LogP contribution < -0.4 is 10.1 Å². The van der Waals surface area contributed by atoms with Gasteiger partial charge in [0.05, 0.1) is 33.4 Å². The highest BCUT2D eigenvalue weighted by atomic mass is 16.5. The third-order valence-electron chi connectivity index (χ3n) is 3.91. The van der Waals surface area contributed by atoms with Crippen LogP contribution in [0.25, 0.3) is 0 Å². The average Bonchev–Trinajstić information content (AvgIpc) is 2.62. The van der Waals surface area contributed by atoms with E-state index in [4.69, 9.17) is 9.47 Å². The maximum atomic E-state index is 12.3. The van der Waals surface area contributed by atoms with Crippen LogP contribution in [0.3, 0.4) is 0 Å². The molecule has 1 fully saturated rings. The molecule has 0 bridgehead atoms. The second-order valence-electron chi connectivity index (χ2n) is 5.57. The Morgan fingerprint density at radius 2 is 1.88 bits per heavy atom. The predicted octanol–water partition coefficient (Wildman–Crippen LogP) is 0.814. The maximum absolute atomic E-state index is 12.3. The van der Waals surface area contributed by atoms with Crippen molar-refractivity contribution in [2.45, 2.75) is 6.92 Å². The van der Waals surface area contributed by atoms with E-state index in [0.717, 1.165) is 5.75 Å². The number of morpholine rings is 1. The fourth-order valence-electron chi connectivity index (χ4n) is 2.46. The topological polar surface area (TPSA) is 71.1 Å². The number of hydrogen-bond donors (Lipinski definition) is 1. The number of carbonyl (C=O) groups excluding carboxylic acids is 2. The average molecular weight is 335 g/mol. The van der Waals surface area contributed by atoms with Crippen LogP contribution >= 0.6 is 0 Å². The van der Waals surface area contributed by atoms with Crippen LogP contribution in [0.2, 0.25) is 0 Å². The molecule has 2 rings (SSSR count). The minimum absolute atomic E-state index is 0.0393. The molecule has 2 amide bonds. The largest absolute Gasteiger partial charge is 0.497 e. The van der Waals surface area contributed by atoms with Crippen LogP contribution in [0.4, 0.5) is 5.69 Å². The summed E-state index contributed by atoms with van der Waals surface area (Å²) in [6, 6.07) is 7.14. The second-order valence-corrected chi connectivity index (χ2v) is 5.57. The summed E-state index contributed by atoms with van der Waals surface area (Å²) in [6.45, 7) is 5.39. The van der Waals surface area contributed by atoms with Gasteiger partial charge in [-0.1, -0.05) is 6.92 Å². The standard InChI is InChI=1S/C17H25N3O4/c1-3-19(13-17(22)20-8-10-24-11-9-20)12-16(21)18-14-4-6-15(23-2)7-5-14/h4-7H,3,8-13H2,1-2H3,(H,18,21). The molecular formula is C17H25N3O4. The van der Waals surface area contributed by atoms with Crippen molar-refractivity contribution in [2.75, 3.05) is 58.4 Å². The van der Waals surface area contributed by atoms with Gasteiger partial charge in [0.15, 0.2) is 0 Å². The lowest BCUT2D eigenvalue weighted by atomic mass is 10.3. The summed E-state index contributed by atoms with van der Waals surface area (Å²) in [7, 11) is 1.60. The summed E-state index contributed by atoms with van der Waals surface area (Å²) in [4.78, 5) is 28.0. The number of methoxy groups -OCH3 is 1. The van der Waals surface area contributed by atoms with Gasteiger partial charge in [0.25, 0.3) is 0 Å². The van der Waals surface area contributed by atoms with E-state index in [2.05, 4.69) is 5.32 Å². The van der Waals surface area contributed by atoms with Gasteiger partial charge in [0.2, 0.25) is 11.8 Å². The quantitative estimate of drug-likeness (QED) is 0.799. The second kappa shape index (κ2) is 9.24. The number of rotatable bonds is 7. The first-order valence-electron chi connectivity index (χ1n) is 8.14. The van der Waals surface area contributed by atoms with Crippen LogP contribution in [0.15, 0.2) is 24.3 Å². The van der Waals surface area contributed by atoms with Crippen molar-refractivity contribution in [3.63, 3.8) is 0 Å². The molecule has 1 N–H and O–H groups in total. The van der Waals surface area contributed by atoms with Crippen molar-refractivity contribution in [3.05, 3.63) is 24.3 Å². The summed E-state index contributed by atoms with van der Waals surface area (Å²) in [6.07, 6.45) is 0. The Labute approximate surface area is 142 Å². The minimum Gasteiger partial charge on any atom is -0.497 e. The summed E-state index contributed by atoms with van der Waals surface area (Å²) in [5.41, 5.74) is 0.705. The lowest BCUT2D eigenvalue weighted by molar-refractivity contribution is -0.136. The van der Waals surface area contributed by atoms with Crippen LogP contribution in [0.5, 0.6) is 5.75 Å². The van der Waals surface area contributed by atoms with E-state index in [1.54, 1.807) is 36.3 Å². The molecule has 1 saturated heterocycles. The number of ether oxygens (including phenoxy) is 2. The van der Waals surface area contributed by atoms with Gasteiger partial charge < -0.3 is 19.7 Å². The zero-order chi connectivity index (χ0) is 17.4. The van der Waals surface area contributed by atoms with Crippen molar-refractivity contribution < 1.29 is 19.1 Å². The normalized spacial score (nSPS) is 14.5. The fourth-order valence-corrected chi connectivity index (χ4v) is 2.46. The fraction of sp³-hybridized carbons (Fsp3) is 0.529. The van der Waals surface area contributed by atoms with Crippen molar-refractivity contribution >= 4 is 17.5 Å². The molecular weight excluding hydrogens is 310 g/mol. The van der Waals surface area contributed by atoms with Crippen molar-refractivity contribution in [3.8, 4) is 5.75 Å². The molecule has 0 atom stereocenters. The van der Waals surface area contributed by atoms with Gasteiger partial charge in [-0.2, -0.15) is 0 Å². The number of benzene rings is 1. The molecule has 1 heterocycles. The molecule has 24 heavy (non-hydrogen) atoms. The number of nitrogens with zero attached hydrogens (tertiary/aromatic N) is 2. The molecule has 1 aliphatic heterocycles. The smallest absolute Gasteiger partial charge is 0.238 e. The Kier molecular flexibility index (Phi) is 7.02. The number of hydrogen-bond acceptors (Lipinski definition) is 5. The third kappa shape index (κ3) is 5.50. The Balaban J connectivity index is 1.81. The minimum atomic E-state index is -0.142. The first-order valence-corrected chi connectivity index (χ1v) is 8.14. The number of carbonyl (C=O) groups is 2. The Bertz CT molecular complexity index is 541. The lowest BCUT2D eigenvalue weighted by Gasteiger charge is -2.29. The van der Waals surface area contributed by atoms with E-state index in [9.17, 15) is 9.59 Å². The molecule has 7 heteroatoms. The third-order valence-corrected chi connectivity index (χ3v) is 3.91.